The van der Waals surface area contributed by atoms with Crippen molar-refractivity contribution in [3.8, 4) is 0 Å². The molecule has 238 valence electrons. The van der Waals surface area contributed by atoms with E-state index in [9.17, 15) is 14.7 Å². The molecule has 0 saturated heterocycles. The topological polar surface area (TPSA) is 80.4 Å². The van der Waals surface area contributed by atoms with E-state index in [1.54, 1.807) is 12.5 Å². The van der Waals surface area contributed by atoms with Crippen molar-refractivity contribution >= 4 is 11.6 Å². The summed E-state index contributed by atoms with van der Waals surface area (Å²) in [4.78, 5) is 25.7. The second kappa shape index (κ2) is 10.2. The van der Waals surface area contributed by atoms with Crippen LogP contribution in [0.15, 0.2) is 34.4 Å². The Labute approximate surface area is 261 Å². The van der Waals surface area contributed by atoms with Crippen LogP contribution in [0.25, 0.3) is 0 Å². The molecule has 1 unspecified atom stereocenters. The molecule has 3 fully saturated rings. The lowest BCUT2D eigenvalue weighted by Crippen LogP contribution is -2.64. The molecule has 4 heteroatoms. The zero-order chi connectivity index (χ0) is 31.3. The molecule has 0 heterocycles. The van der Waals surface area contributed by atoms with Crippen LogP contribution < -0.4 is 5.73 Å². The fraction of sp³-hybridized carbons (Fsp3) is 0.795. The second-order valence-electron chi connectivity index (χ2n) is 17.5. The molecule has 0 bridgehead atoms. The number of allylic oxidation sites excluding steroid dienone is 5. The Morgan fingerprint density at radius 3 is 2.30 bits per heavy atom. The largest absolute Gasteiger partial charge is 0.391 e. The second-order valence-corrected chi connectivity index (χ2v) is 17.5. The first kappa shape index (κ1) is 31.5. The van der Waals surface area contributed by atoms with Crippen LogP contribution in [-0.2, 0) is 9.59 Å². The average molecular weight is 590 g/mol. The third-order valence-electron chi connectivity index (χ3n) is 15.3. The van der Waals surface area contributed by atoms with Crippen molar-refractivity contribution in [2.75, 3.05) is 6.54 Å². The highest BCUT2D eigenvalue weighted by atomic mass is 16.3. The summed E-state index contributed by atoms with van der Waals surface area (Å²) in [7, 11) is 0. The summed E-state index contributed by atoms with van der Waals surface area (Å²) in [6.07, 6.45) is 15.6. The molecule has 3 N–H and O–H groups in total. The molecule has 0 aliphatic heterocycles. The van der Waals surface area contributed by atoms with E-state index in [4.69, 9.17) is 5.73 Å². The van der Waals surface area contributed by atoms with Crippen LogP contribution in [0.3, 0.4) is 0 Å². The van der Waals surface area contributed by atoms with E-state index >= 15 is 0 Å². The van der Waals surface area contributed by atoms with Crippen molar-refractivity contribution in [1.29, 1.82) is 0 Å². The predicted octanol–water partition coefficient (Wildman–Crippen LogP) is 8.14. The lowest BCUT2D eigenvalue weighted by atomic mass is 9.33. The number of Topliss-reactive ketones (excluding diaryl/α,β-unsaturated/α-hetero) is 2. The van der Waals surface area contributed by atoms with Crippen LogP contribution >= 0.6 is 0 Å². The fourth-order valence-corrected chi connectivity index (χ4v) is 12.9. The quantitative estimate of drug-likeness (QED) is 0.339. The Kier molecular flexibility index (Phi) is 7.50. The van der Waals surface area contributed by atoms with Gasteiger partial charge in [0, 0.05) is 24.3 Å². The lowest BCUT2D eigenvalue weighted by molar-refractivity contribution is -0.202. The minimum Gasteiger partial charge on any atom is -0.391 e. The van der Waals surface area contributed by atoms with Crippen LogP contribution in [0.1, 0.15) is 126 Å². The molecule has 43 heavy (non-hydrogen) atoms. The number of fused-ring (bicyclic) bond motifs is 7. The molecule has 3 saturated carbocycles. The smallest absolute Gasteiger partial charge is 0.160 e. The number of aliphatic hydroxyl groups excluding tert-OH is 1. The summed E-state index contributed by atoms with van der Waals surface area (Å²) in [5.74, 6) is 2.59. The maximum atomic E-state index is 13.6. The van der Waals surface area contributed by atoms with Crippen molar-refractivity contribution in [3.63, 3.8) is 0 Å². The molecule has 6 rings (SSSR count). The van der Waals surface area contributed by atoms with Gasteiger partial charge in [-0.3, -0.25) is 9.59 Å². The Morgan fingerprint density at radius 1 is 0.977 bits per heavy atom. The summed E-state index contributed by atoms with van der Waals surface area (Å²) in [5, 5.41) is 11.4. The summed E-state index contributed by atoms with van der Waals surface area (Å²) in [6, 6.07) is 0. The predicted molar refractivity (Wildman–Crippen MR) is 174 cm³/mol. The van der Waals surface area contributed by atoms with Gasteiger partial charge in [-0.1, -0.05) is 66.2 Å². The monoisotopic (exact) mass is 589 g/mol. The molecule has 6 aliphatic carbocycles. The third kappa shape index (κ3) is 4.13. The van der Waals surface area contributed by atoms with Crippen LogP contribution in [0, 0.1) is 56.7 Å². The first-order valence-electron chi connectivity index (χ1n) is 17.6. The highest BCUT2D eigenvalue weighted by Crippen LogP contribution is 2.77. The van der Waals surface area contributed by atoms with Gasteiger partial charge in [0.25, 0.3) is 0 Å². The Morgan fingerprint density at radius 2 is 1.70 bits per heavy atom. The number of carbonyl (C=O) groups is 2. The number of ketones is 2. The van der Waals surface area contributed by atoms with Crippen LogP contribution in [0.4, 0.5) is 0 Å². The van der Waals surface area contributed by atoms with E-state index in [0.717, 1.165) is 50.5 Å². The zero-order valence-electron chi connectivity index (χ0n) is 28.4. The van der Waals surface area contributed by atoms with Crippen molar-refractivity contribution in [2.45, 2.75) is 132 Å². The SMILES string of the molecule is CC(=O)C1CC=C(C2=CC[C@]3(C)[C@H]4CC[C@@H]5C6=C(C(C)C)C(=O)C[C@]6([C@@H](O)CN)CC[C@@]5(C)[C@]4(C)CC[C@H]3C2(C)C)CC1. The summed E-state index contributed by atoms with van der Waals surface area (Å²) < 4.78 is 0. The minimum atomic E-state index is -0.645. The summed E-state index contributed by atoms with van der Waals surface area (Å²) in [6.45, 7) is 19.2. The maximum Gasteiger partial charge on any atom is 0.160 e. The number of rotatable bonds is 5. The van der Waals surface area contributed by atoms with Gasteiger partial charge in [-0.25, -0.2) is 0 Å². The van der Waals surface area contributed by atoms with Gasteiger partial charge in [0.15, 0.2) is 5.78 Å². The van der Waals surface area contributed by atoms with Crippen molar-refractivity contribution in [1.82, 2.24) is 0 Å². The molecule has 4 nitrogen and oxygen atoms in total. The molecule has 0 amide bonds. The molecule has 0 aromatic rings. The average Bonchev–Trinajstić information content (AvgIpc) is 3.26. The van der Waals surface area contributed by atoms with Crippen molar-refractivity contribution < 1.29 is 14.7 Å². The van der Waals surface area contributed by atoms with E-state index in [2.05, 4.69) is 60.6 Å². The number of aliphatic hydroxyl groups is 1. The van der Waals surface area contributed by atoms with Gasteiger partial charge >= 0.3 is 0 Å². The zero-order valence-corrected chi connectivity index (χ0v) is 28.4. The number of nitrogens with two attached hydrogens (primary N) is 1. The molecular formula is C39H59NO3. The number of hydrogen-bond acceptors (Lipinski definition) is 4. The van der Waals surface area contributed by atoms with Crippen LogP contribution in [0.2, 0.25) is 0 Å². The molecular weight excluding hydrogens is 530 g/mol. The highest BCUT2D eigenvalue weighted by molar-refractivity contribution is 6.00. The summed E-state index contributed by atoms with van der Waals surface area (Å²) in [5.41, 5.74) is 11.7. The Hall–Kier alpha value is -1.52. The minimum absolute atomic E-state index is 0.101. The molecule has 0 radical (unpaired) electrons. The number of carbonyl (C=O) groups excluding carboxylic acids is 2. The molecule has 9 atom stereocenters. The fourth-order valence-electron chi connectivity index (χ4n) is 12.9. The first-order chi connectivity index (χ1) is 20.1. The van der Waals surface area contributed by atoms with E-state index in [-0.39, 0.29) is 45.8 Å². The van der Waals surface area contributed by atoms with E-state index < -0.39 is 11.5 Å². The van der Waals surface area contributed by atoms with E-state index in [1.165, 1.54) is 30.4 Å². The van der Waals surface area contributed by atoms with Gasteiger partial charge in [-0.15, -0.1) is 0 Å². The van der Waals surface area contributed by atoms with Gasteiger partial charge in [0.1, 0.15) is 5.78 Å². The molecule has 6 aliphatic rings. The van der Waals surface area contributed by atoms with Crippen molar-refractivity contribution in [3.05, 3.63) is 34.4 Å². The van der Waals surface area contributed by atoms with Gasteiger partial charge in [-0.2, -0.15) is 0 Å². The Bertz CT molecular complexity index is 1300. The van der Waals surface area contributed by atoms with Crippen LogP contribution in [0.5, 0.6) is 0 Å². The Balaban J connectivity index is 1.38. The first-order valence-corrected chi connectivity index (χ1v) is 17.6. The van der Waals surface area contributed by atoms with Gasteiger partial charge in [0.2, 0.25) is 0 Å². The molecule has 0 spiro atoms. The lowest BCUT2D eigenvalue weighted by Gasteiger charge is -2.71. The van der Waals surface area contributed by atoms with Gasteiger partial charge < -0.3 is 10.8 Å². The van der Waals surface area contributed by atoms with E-state index in [1.807, 2.05) is 0 Å². The van der Waals surface area contributed by atoms with Gasteiger partial charge in [-0.05, 0) is 133 Å². The van der Waals surface area contributed by atoms with Gasteiger partial charge in [0.05, 0.1) is 6.10 Å². The standard InChI is InChI=1S/C39H59NO3/c1-23(2)33-29(42)21-39(32(43)22-40)20-19-37(7)28(34(33)39)13-14-31-36(6)17-15-27(26-11-9-25(10-12-26)24(3)41)35(4,5)30(36)16-18-38(31,37)8/h11,15,23,25,28,30-32,43H,9-10,12-14,16-22,40H2,1-8H3/t25?,28-,30+,31-,32+,36+,37-,38-,39+/m1/s1. The summed E-state index contributed by atoms with van der Waals surface area (Å²) >= 11 is 0. The third-order valence-corrected chi connectivity index (χ3v) is 15.3. The molecule has 0 aromatic carbocycles. The normalized spacial score (nSPS) is 44.6. The number of hydrogen-bond donors (Lipinski definition) is 2. The highest BCUT2D eigenvalue weighted by Gasteiger charge is 2.70. The maximum absolute atomic E-state index is 13.6. The van der Waals surface area contributed by atoms with Crippen molar-refractivity contribution in [2.24, 2.45) is 62.4 Å². The molecule has 0 aromatic heterocycles. The van der Waals surface area contributed by atoms with Crippen LogP contribution in [-0.4, -0.2) is 29.3 Å². The van der Waals surface area contributed by atoms with E-state index in [0.29, 0.717) is 30.0 Å².